The number of benzene rings is 1. The molecular formula is C15H19NO4. The van der Waals surface area contributed by atoms with E-state index in [1.54, 1.807) is 4.90 Å². The fraction of sp³-hybridized carbons (Fsp3) is 0.467. The van der Waals surface area contributed by atoms with E-state index in [2.05, 4.69) is 4.74 Å². The molecule has 20 heavy (non-hydrogen) atoms. The van der Waals surface area contributed by atoms with Gasteiger partial charge in [-0.05, 0) is 12.5 Å². The van der Waals surface area contributed by atoms with Crippen molar-refractivity contribution >= 4 is 11.9 Å². The number of esters is 1. The van der Waals surface area contributed by atoms with Crippen LogP contribution in [0.2, 0.25) is 0 Å². The summed E-state index contributed by atoms with van der Waals surface area (Å²) in [4.78, 5) is 25.3. The van der Waals surface area contributed by atoms with Gasteiger partial charge in [-0.15, -0.1) is 0 Å². The quantitative estimate of drug-likeness (QED) is 0.772. The van der Waals surface area contributed by atoms with Gasteiger partial charge in [0.05, 0.1) is 26.7 Å². The van der Waals surface area contributed by atoms with E-state index in [1.165, 1.54) is 12.7 Å². The first kappa shape index (κ1) is 14.5. The third-order valence-corrected chi connectivity index (χ3v) is 3.36. The number of ether oxygens (including phenoxy) is 2. The van der Waals surface area contributed by atoms with E-state index >= 15 is 0 Å². The number of hydrogen-bond acceptors (Lipinski definition) is 4. The van der Waals surface area contributed by atoms with Crippen LogP contribution < -0.4 is 0 Å². The third kappa shape index (κ3) is 3.57. The molecule has 0 bridgehead atoms. The standard InChI is InChI=1S/C15H19NO4/c1-11-3-5-12(6-4-11)9-14(17)16-7-8-20-13(10-16)15(18)19-2/h3-6,13H,7-10H2,1-2H3. The minimum atomic E-state index is -0.671. The Morgan fingerprint density at radius 1 is 1.35 bits per heavy atom. The molecular weight excluding hydrogens is 258 g/mol. The van der Waals surface area contributed by atoms with Gasteiger partial charge in [0.15, 0.2) is 6.10 Å². The van der Waals surface area contributed by atoms with E-state index in [1.807, 2.05) is 31.2 Å². The lowest BCUT2D eigenvalue weighted by Gasteiger charge is -2.31. The fourth-order valence-corrected chi connectivity index (χ4v) is 2.14. The van der Waals surface area contributed by atoms with Crippen LogP contribution in [0, 0.1) is 6.92 Å². The van der Waals surface area contributed by atoms with E-state index in [9.17, 15) is 9.59 Å². The molecule has 1 unspecified atom stereocenters. The SMILES string of the molecule is COC(=O)C1CN(C(=O)Cc2ccc(C)cc2)CCO1. The molecule has 1 amide bonds. The zero-order valence-electron chi connectivity index (χ0n) is 11.8. The summed E-state index contributed by atoms with van der Waals surface area (Å²) in [6, 6.07) is 7.87. The van der Waals surface area contributed by atoms with Crippen LogP contribution in [0.5, 0.6) is 0 Å². The molecule has 1 aromatic carbocycles. The van der Waals surface area contributed by atoms with Crippen LogP contribution in [0.15, 0.2) is 24.3 Å². The molecule has 1 fully saturated rings. The summed E-state index contributed by atoms with van der Waals surface area (Å²) in [5, 5.41) is 0. The summed E-state index contributed by atoms with van der Waals surface area (Å²) in [7, 11) is 1.32. The number of morpholine rings is 1. The lowest BCUT2D eigenvalue weighted by atomic mass is 10.1. The van der Waals surface area contributed by atoms with Crippen molar-refractivity contribution < 1.29 is 19.1 Å². The van der Waals surface area contributed by atoms with Crippen molar-refractivity contribution in [2.75, 3.05) is 26.8 Å². The van der Waals surface area contributed by atoms with Crippen molar-refractivity contribution in [1.29, 1.82) is 0 Å². The van der Waals surface area contributed by atoms with Gasteiger partial charge in [0.25, 0.3) is 0 Å². The molecule has 0 radical (unpaired) electrons. The Morgan fingerprint density at radius 2 is 2.05 bits per heavy atom. The average molecular weight is 277 g/mol. The molecule has 0 aromatic heterocycles. The van der Waals surface area contributed by atoms with Crippen molar-refractivity contribution in [3.8, 4) is 0 Å². The maximum atomic E-state index is 12.2. The van der Waals surface area contributed by atoms with Gasteiger partial charge in [0.2, 0.25) is 5.91 Å². The average Bonchev–Trinajstić information content (AvgIpc) is 2.49. The molecule has 0 saturated carbocycles. The number of aryl methyl sites for hydroxylation is 1. The summed E-state index contributed by atoms with van der Waals surface area (Å²) < 4.78 is 9.96. The summed E-state index contributed by atoms with van der Waals surface area (Å²) in [5.74, 6) is -0.427. The maximum absolute atomic E-state index is 12.2. The minimum absolute atomic E-state index is 0.00561. The number of rotatable bonds is 3. The van der Waals surface area contributed by atoms with Crippen LogP contribution in [0.25, 0.3) is 0 Å². The molecule has 1 saturated heterocycles. The van der Waals surface area contributed by atoms with Gasteiger partial charge in [-0.2, -0.15) is 0 Å². The fourth-order valence-electron chi connectivity index (χ4n) is 2.14. The van der Waals surface area contributed by atoms with E-state index in [0.29, 0.717) is 19.6 Å². The van der Waals surface area contributed by atoms with Crippen molar-refractivity contribution in [2.45, 2.75) is 19.4 Å². The Morgan fingerprint density at radius 3 is 2.70 bits per heavy atom. The molecule has 1 aliphatic rings. The Balaban J connectivity index is 1.95. The van der Waals surface area contributed by atoms with Crippen molar-refractivity contribution in [2.24, 2.45) is 0 Å². The van der Waals surface area contributed by atoms with Gasteiger partial charge in [-0.3, -0.25) is 4.79 Å². The van der Waals surface area contributed by atoms with E-state index in [4.69, 9.17) is 4.74 Å². The largest absolute Gasteiger partial charge is 0.467 e. The first-order valence-corrected chi connectivity index (χ1v) is 6.63. The van der Waals surface area contributed by atoms with E-state index in [-0.39, 0.29) is 12.5 Å². The number of carbonyl (C=O) groups is 2. The molecule has 1 heterocycles. The van der Waals surface area contributed by atoms with Gasteiger partial charge in [0, 0.05) is 6.54 Å². The summed E-state index contributed by atoms with van der Waals surface area (Å²) in [6.45, 7) is 3.14. The molecule has 1 atom stereocenters. The maximum Gasteiger partial charge on any atom is 0.336 e. The zero-order valence-corrected chi connectivity index (χ0v) is 11.8. The van der Waals surface area contributed by atoms with Crippen molar-refractivity contribution in [3.63, 3.8) is 0 Å². The Labute approximate surface area is 118 Å². The highest BCUT2D eigenvalue weighted by Crippen LogP contribution is 2.10. The van der Waals surface area contributed by atoms with Gasteiger partial charge >= 0.3 is 5.97 Å². The van der Waals surface area contributed by atoms with Crippen LogP contribution in [-0.4, -0.2) is 49.7 Å². The number of nitrogens with zero attached hydrogens (tertiary/aromatic N) is 1. The van der Waals surface area contributed by atoms with Crippen molar-refractivity contribution in [1.82, 2.24) is 4.90 Å². The number of methoxy groups -OCH3 is 1. The normalized spacial score (nSPS) is 18.7. The van der Waals surface area contributed by atoms with Gasteiger partial charge in [-0.25, -0.2) is 4.79 Å². The molecule has 2 rings (SSSR count). The first-order chi connectivity index (χ1) is 9.60. The smallest absolute Gasteiger partial charge is 0.336 e. The third-order valence-electron chi connectivity index (χ3n) is 3.36. The van der Waals surface area contributed by atoms with Crippen LogP contribution in [0.1, 0.15) is 11.1 Å². The highest BCUT2D eigenvalue weighted by atomic mass is 16.6. The molecule has 1 aliphatic heterocycles. The Bertz CT molecular complexity index is 483. The highest BCUT2D eigenvalue weighted by Gasteiger charge is 2.29. The minimum Gasteiger partial charge on any atom is -0.467 e. The second-order valence-electron chi connectivity index (χ2n) is 4.88. The van der Waals surface area contributed by atoms with Gasteiger partial charge in [0.1, 0.15) is 0 Å². The van der Waals surface area contributed by atoms with E-state index in [0.717, 1.165) is 5.56 Å². The second kappa shape index (κ2) is 6.52. The topological polar surface area (TPSA) is 55.8 Å². The molecule has 5 heteroatoms. The number of hydrogen-bond donors (Lipinski definition) is 0. The van der Waals surface area contributed by atoms with Gasteiger partial charge in [-0.1, -0.05) is 29.8 Å². The van der Waals surface area contributed by atoms with Crippen LogP contribution in [0.4, 0.5) is 0 Å². The van der Waals surface area contributed by atoms with Gasteiger partial charge < -0.3 is 14.4 Å². The summed E-state index contributed by atoms with van der Waals surface area (Å²) in [5.41, 5.74) is 2.14. The molecule has 108 valence electrons. The molecule has 1 aromatic rings. The lowest BCUT2D eigenvalue weighted by molar-refractivity contribution is -0.162. The highest BCUT2D eigenvalue weighted by molar-refractivity contribution is 5.81. The molecule has 0 N–H and O–H groups in total. The number of amides is 1. The lowest BCUT2D eigenvalue weighted by Crippen LogP contribution is -2.49. The second-order valence-corrected chi connectivity index (χ2v) is 4.88. The summed E-state index contributed by atoms with van der Waals surface area (Å²) >= 11 is 0. The molecule has 0 aliphatic carbocycles. The Kier molecular flexibility index (Phi) is 4.74. The zero-order chi connectivity index (χ0) is 14.5. The molecule has 0 spiro atoms. The predicted octanol–water partition coefficient (Wildman–Crippen LogP) is 0.938. The van der Waals surface area contributed by atoms with E-state index < -0.39 is 12.1 Å². The van der Waals surface area contributed by atoms with Crippen LogP contribution in [-0.2, 0) is 25.5 Å². The van der Waals surface area contributed by atoms with Crippen LogP contribution in [0.3, 0.4) is 0 Å². The van der Waals surface area contributed by atoms with Crippen LogP contribution >= 0.6 is 0 Å². The Hall–Kier alpha value is -1.88. The van der Waals surface area contributed by atoms with Crippen molar-refractivity contribution in [3.05, 3.63) is 35.4 Å². The summed E-state index contributed by atoms with van der Waals surface area (Å²) in [6.07, 6.45) is -0.329. The molecule has 5 nitrogen and oxygen atoms in total. The first-order valence-electron chi connectivity index (χ1n) is 6.63. The number of carbonyl (C=O) groups excluding carboxylic acids is 2. The predicted molar refractivity (Wildman–Crippen MR) is 73.2 cm³/mol. The monoisotopic (exact) mass is 277 g/mol.